The molecule has 1 aromatic heterocycles. The molecule has 0 atom stereocenters. The largest absolute Gasteiger partial charge is 0.496 e. The molecule has 0 bridgehead atoms. The molecule has 150 valence electrons. The molecular formula is C21H23N5O2S. The number of carbonyl (C=O) groups is 1. The summed E-state index contributed by atoms with van der Waals surface area (Å²) in [6.45, 7) is 4.79. The van der Waals surface area contributed by atoms with E-state index in [1.807, 2.05) is 66.9 Å². The normalized spacial score (nSPS) is 11.0. The number of aromatic nitrogens is 3. The highest BCUT2D eigenvalue weighted by Crippen LogP contribution is 2.24. The van der Waals surface area contributed by atoms with Gasteiger partial charge in [0.15, 0.2) is 11.0 Å². The average molecular weight is 410 g/mol. The van der Waals surface area contributed by atoms with Crippen LogP contribution in [0.2, 0.25) is 0 Å². The second kappa shape index (κ2) is 9.88. The van der Waals surface area contributed by atoms with Crippen molar-refractivity contribution in [2.45, 2.75) is 25.5 Å². The Bertz CT molecular complexity index is 999. The van der Waals surface area contributed by atoms with E-state index in [4.69, 9.17) is 4.74 Å². The number of hydrazone groups is 1. The predicted octanol–water partition coefficient (Wildman–Crippen LogP) is 3.52. The van der Waals surface area contributed by atoms with Crippen molar-refractivity contribution < 1.29 is 9.53 Å². The Labute approximate surface area is 174 Å². The molecule has 3 aromatic rings. The van der Waals surface area contributed by atoms with Crippen LogP contribution in [0.3, 0.4) is 0 Å². The van der Waals surface area contributed by atoms with Gasteiger partial charge in [-0.2, -0.15) is 5.10 Å². The Morgan fingerprint density at radius 2 is 1.97 bits per heavy atom. The zero-order valence-electron chi connectivity index (χ0n) is 16.6. The van der Waals surface area contributed by atoms with Crippen molar-refractivity contribution >= 4 is 23.9 Å². The van der Waals surface area contributed by atoms with Crippen LogP contribution in [0.1, 0.15) is 18.1 Å². The lowest BCUT2D eigenvalue weighted by molar-refractivity contribution is -0.118. The molecule has 0 aliphatic carbocycles. The number of carbonyl (C=O) groups excluding carboxylic acids is 1. The molecule has 2 aromatic carbocycles. The summed E-state index contributed by atoms with van der Waals surface area (Å²) in [5.41, 5.74) is 5.51. The van der Waals surface area contributed by atoms with E-state index in [0.29, 0.717) is 17.5 Å². The number of benzene rings is 2. The van der Waals surface area contributed by atoms with Crippen LogP contribution >= 0.6 is 11.8 Å². The Morgan fingerprint density at radius 3 is 2.69 bits per heavy atom. The maximum atomic E-state index is 12.1. The van der Waals surface area contributed by atoms with E-state index >= 15 is 0 Å². The summed E-state index contributed by atoms with van der Waals surface area (Å²) in [5.74, 6) is 1.46. The molecule has 0 aliphatic rings. The molecule has 1 amide bonds. The summed E-state index contributed by atoms with van der Waals surface area (Å²) in [6, 6.07) is 15.6. The number of aryl methyl sites for hydroxylation is 1. The lowest BCUT2D eigenvalue weighted by atomic mass is 10.1. The minimum atomic E-state index is -0.219. The topological polar surface area (TPSA) is 81.4 Å². The third-order valence-electron chi connectivity index (χ3n) is 4.21. The standard InChI is InChI=1S/C21H23N5O2S/c1-4-26-20(16-11-9-15(2)10-12-16)24-25-21(26)29-14-19(27)23-22-13-17-7-5-6-8-18(17)28-3/h5-13H,4,14H2,1-3H3,(H,23,27). The lowest BCUT2D eigenvalue weighted by Crippen LogP contribution is -2.20. The first-order valence-corrected chi connectivity index (χ1v) is 10.2. The molecule has 1 N–H and O–H groups in total. The number of thioether (sulfide) groups is 1. The van der Waals surface area contributed by atoms with E-state index < -0.39 is 0 Å². The first-order valence-electron chi connectivity index (χ1n) is 9.20. The first kappa shape index (κ1) is 20.6. The molecule has 0 fully saturated rings. The third kappa shape index (κ3) is 5.23. The highest BCUT2D eigenvalue weighted by atomic mass is 32.2. The Balaban J connectivity index is 1.60. The monoisotopic (exact) mass is 409 g/mol. The van der Waals surface area contributed by atoms with Gasteiger partial charge in [0.1, 0.15) is 5.75 Å². The molecule has 0 unspecified atom stereocenters. The van der Waals surface area contributed by atoms with Crippen LogP contribution in [0.4, 0.5) is 0 Å². The molecule has 29 heavy (non-hydrogen) atoms. The highest BCUT2D eigenvalue weighted by Gasteiger charge is 2.14. The van der Waals surface area contributed by atoms with E-state index in [1.54, 1.807) is 13.3 Å². The number of methoxy groups -OCH3 is 1. The first-order chi connectivity index (χ1) is 14.1. The SMILES string of the molecule is CCn1c(SCC(=O)NN=Cc2ccccc2OC)nnc1-c1ccc(C)cc1. The van der Waals surface area contributed by atoms with Crippen LogP contribution in [0.5, 0.6) is 5.75 Å². The number of hydrogen-bond acceptors (Lipinski definition) is 6. The Kier molecular flexibility index (Phi) is 7.02. The Morgan fingerprint density at radius 1 is 1.21 bits per heavy atom. The fourth-order valence-electron chi connectivity index (χ4n) is 2.71. The molecule has 1 heterocycles. The second-order valence-corrected chi connectivity index (χ2v) is 7.18. The molecule has 0 saturated carbocycles. The van der Waals surface area contributed by atoms with Crippen LogP contribution in [-0.4, -0.2) is 39.7 Å². The van der Waals surface area contributed by atoms with Crippen molar-refractivity contribution in [3.63, 3.8) is 0 Å². The summed E-state index contributed by atoms with van der Waals surface area (Å²) in [7, 11) is 1.59. The number of rotatable bonds is 8. The smallest absolute Gasteiger partial charge is 0.250 e. The maximum absolute atomic E-state index is 12.1. The van der Waals surface area contributed by atoms with Crippen LogP contribution in [0, 0.1) is 6.92 Å². The van der Waals surface area contributed by atoms with Crippen LogP contribution < -0.4 is 10.2 Å². The van der Waals surface area contributed by atoms with Gasteiger partial charge in [-0.05, 0) is 26.0 Å². The summed E-state index contributed by atoms with van der Waals surface area (Å²) in [5, 5.41) is 13.3. The summed E-state index contributed by atoms with van der Waals surface area (Å²) >= 11 is 1.33. The van der Waals surface area contributed by atoms with Gasteiger partial charge < -0.3 is 9.30 Å². The fraction of sp³-hybridized carbons (Fsp3) is 0.238. The van der Waals surface area contributed by atoms with E-state index in [0.717, 1.165) is 17.0 Å². The fourth-order valence-corrected chi connectivity index (χ4v) is 3.50. The number of hydrogen-bond donors (Lipinski definition) is 1. The summed E-state index contributed by atoms with van der Waals surface area (Å²) < 4.78 is 7.25. The lowest BCUT2D eigenvalue weighted by Gasteiger charge is -2.07. The van der Waals surface area contributed by atoms with E-state index in [-0.39, 0.29) is 11.7 Å². The van der Waals surface area contributed by atoms with Crippen LogP contribution in [-0.2, 0) is 11.3 Å². The number of ether oxygens (including phenoxy) is 1. The molecule has 0 aliphatic heterocycles. The molecule has 0 spiro atoms. The molecule has 0 saturated heterocycles. The predicted molar refractivity (Wildman–Crippen MR) is 115 cm³/mol. The molecule has 3 rings (SSSR count). The minimum absolute atomic E-state index is 0.190. The van der Waals surface area contributed by atoms with Crippen molar-refractivity contribution in [3.8, 4) is 17.1 Å². The van der Waals surface area contributed by atoms with Crippen molar-refractivity contribution in [2.75, 3.05) is 12.9 Å². The summed E-state index contributed by atoms with van der Waals surface area (Å²) in [6.07, 6.45) is 1.56. The second-order valence-electron chi connectivity index (χ2n) is 6.24. The maximum Gasteiger partial charge on any atom is 0.250 e. The van der Waals surface area contributed by atoms with Crippen molar-refractivity contribution in [2.24, 2.45) is 5.10 Å². The average Bonchev–Trinajstić information content (AvgIpc) is 3.16. The van der Waals surface area contributed by atoms with Crippen LogP contribution in [0.25, 0.3) is 11.4 Å². The number of nitrogens with zero attached hydrogens (tertiary/aromatic N) is 4. The zero-order valence-corrected chi connectivity index (χ0v) is 17.4. The highest BCUT2D eigenvalue weighted by molar-refractivity contribution is 7.99. The van der Waals surface area contributed by atoms with Gasteiger partial charge in [-0.3, -0.25) is 4.79 Å². The van der Waals surface area contributed by atoms with Gasteiger partial charge in [0, 0.05) is 17.7 Å². The van der Waals surface area contributed by atoms with Crippen molar-refractivity contribution in [1.82, 2.24) is 20.2 Å². The summed E-state index contributed by atoms with van der Waals surface area (Å²) in [4.78, 5) is 12.1. The number of amides is 1. The third-order valence-corrected chi connectivity index (χ3v) is 5.17. The van der Waals surface area contributed by atoms with Crippen molar-refractivity contribution in [3.05, 3.63) is 59.7 Å². The van der Waals surface area contributed by atoms with E-state index in [1.165, 1.54) is 17.3 Å². The van der Waals surface area contributed by atoms with Gasteiger partial charge in [0.05, 0.1) is 19.1 Å². The molecule has 7 nitrogen and oxygen atoms in total. The molecular weight excluding hydrogens is 386 g/mol. The quantitative estimate of drug-likeness (QED) is 0.350. The van der Waals surface area contributed by atoms with Gasteiger partial charge in [0.25, 0.3) is 5.91 Å². The van der Waals surface area contributed by atoms with Gasteiger partial charge in [0.2, 0.25) is 0 Å². The Hall–Kier alpha value is -3.13. The number of para-hydroxylation sites is 1. The van der Waals surface area contributed by atoms with Gasteiger partial charge >= 0.3 is 0 Å². The van der Waals surface area contributed by atoms with Gasteiger partial charge in [-0.25, -0.2) is 5.43 Å². The molecule has 8 heteroatoms. The van der Waals surface area contributed by atoms with Crippen LogP contribution in [0.15, 0.2) is 58.8 Å². The van der Waals surface area contributed by atoms with Gasteiger partial charge in [-0.1, -0.05) is 53.7 Å². The van der Waals surface area contributed by atoms with E-state index in [9.17, 15) is 4.79 Å². The van der Waals surface area contributed by atoms with Gasteiger partial charge in [-0.15, -0.1) is 10.2 Å². The minimum Gasteiger partial charge on any atom is -0.496 e. The zero-order chi connectivity index (χ0) is 20.6. The van der Waals surface area contributed by atoms with Crippen molar-refractivity contribution in [1.29, 1.82) is 0 Å². The number of nitrogens with one attached hydrogen (secondary N) is 1. The molecule has 0 radical (unpaired) electrons. The van der Waals surface area contributed by atoms with E-state index in [2.05, 4.69) is 20.7 Å².